The number of rotatable bonds is 5. The Hall–Kier alpha value is -0.850. The Labute approximate surface area is 122 Å². The minimum absolute atomic E-state index is 0.219. The number of nitrogens with two attached hydrogens (primary N) is 1. The van der Waals surface area contributed by atoms with E-state index in [-0.39, 0.29) is 10.8 Å². The monoisotopic (exact) mass is 299 g/mol. The Balaban J connectivity index is 1.89. The second kappa shape index (κ2) is 7.07. The fourth-order valence-electron chi connectivity index (χ4n) is 2.05. The zero-order valence-electron chi connectivity index (χ0n) is 10.7. The van der Waals surface area contributed by atoms with Crippen LogP contribution in [0, 0.1) is 5.82 Å². The van der Waals surface area contributed by atoms with Crippen LogP contribution in [0.2, 0.25) is 0 Å². The third-order valence-electron chi connectivity index (χ3n) is 3.09. The summed E-state index contributed by atoms with van der Waals surface area (Å²) in [4.78, 5) is 2.64. The van der Waals surface area contributed by atoms with E-state index in [2.05, 4.69) is 10.2 Å². The second-order valence-corrected chi connectivity index (χ2v) is 6.10. The lowest BCUT2D eigenvalue weighted by Crippen LogP contribution is -2.36. The first kappa shape index (κ1) is 14.6. The maximum Gasteiger partial charge on any atom is 0.124 e. The van der Waals surface area contributed by atoms with Crippen molar-refractivity contribution in [3.05, 3.63) is 29.6 Å². The molecule has 1 saturated heterocycles. The van der Waals surface area contributed by atoms with Crippen molar-refractivity contribution in [2.75, 3.05) is 43.0 Å². The largest absolute Gasteiger partial charge is 0.389 e. The van der Waals surface area contributed by atoms with E-state index in [1.54, 1.807) is 6.07 Å². The van der Waals surface area contributed by atoms with Gasteiger partial charge < -0.3 is 11.1 Å². The average Bonchev–Trinajstić information content (AvgIpc) is 2.41. The van der Waals surface area contributed by atoms with Crippen molar-refractivity contribution in [3.8, 4) is 0 Å². The van der Waals surface area contributed by atoms with Gasteiger partial charge in [0, 0.05) is 48.9 Å². The Morgan fingerprint density at radius 3 is 2.84 bits per heavy atom. The van der Waals surface area contributed by atoms with Crippen LogP contribution < -0.4 is 11.1 Å². The van der Waals surface area contributed by atoms with Crippen molar-refractivity contribution in [1.29, 1.82) is 0 Å². The zero-order chi connectivity index (χ0) is 13.7. The molecule has 3 N–H and O–H groups in total. The van der Waals surface area contributed by atoms with Crippen molar-refractivity contribution < 1.29 is 4.39 Å². The predicted octanol–water partition coefficient (Wildman–Crippen LogP) is 1.92. The Kier molecular flexibility index (Phi) is 5.42. The summed E-state index contributed by atoms with van der Waals surface area (Å²) in [5.41, 5.74) is 6.99. The van der Waals surface area contributed by atoms with Gasteiger partial charge in [-0.15, -0.1) is 0 Å². The molecule has 19 heavy (non-hydrogen) atoms. The van der Waals surface area contributed by atoms with Crippen LogP contribution in [-0.4, -0.2) is 47.6 Å². The van der Waals surface area contributed by atoms with Gasteiger partial charge in [0.1, 0.15) is 10.8 Å². The van der Waals surface area contributed by atoms with Crippen molar-refractivity contribution in [3.63, 3.8) is 0 Å². The topological polar surface area (TPSA) is 41.3 Å². The van der Waals surface area contributed by atoms with E-state index in [0.29, 0.717) is 5.56 Å². The molecule has 1 fully saturated rings. The quantitative estimate of drug-likeness (QED) is 0.813. The van der Waals surface area contributed by atoms with Gasteiger partial charge in [-0.05, 0) is 18.2 Å². The van der Waals surface area contributed by atoms with Gasteiger partial charge in [-0.2, -0.15) is 11.8 Å². The maximum atomic E-state index is 13.2. The summed E-state index contributed by atoms with van der Waals surface area (Å²) in [6.07, 6.45) is 0. The molecule has 0 saturated carbocycles. The molecule has 0 aromatic heterocycles. The lowest BCUT2D eigenvalue weighted by molar-refractivity contribution is 0.314. The normalized spacial score (nSPS) is 16.3. The Morgan fingerprint density at radius 2 is 2.16 bits per heavy atom. The van der Waals surface area contributed by atoms with Gasteiger partial charge in [0.15, 0.2) is 0 Å². The molecule has 0 aliphatic carbocycles. The molecule has 0 spiro atoms. The lowest BCUT2D eigenvalue weighted by atomic mass is 10.1. The van der Waals surface area contributed by atoms with Crippen LogP contribution in [0.15, 0.2) is 18.2 Å². The number of nitrogens with one attached hydrogen (secondary N) is 1. The summed E-state index contributed by atoms with van der Waals surface area (Å²) in [6, 6.07) is 4.49. The van der Waals surface area contributed by atoms with Crippen LogP contribution in [0.25, 0.3) is 0 Å². The van der Waals surface area contributed by atoms with E-state index in [0.717, 1.165) is 31.9 Å². The van der Waals surface area contributed by atoms with Gasteiger partial charge >= 0.3 is 0 Å². The molecule has 0 amide bonds. The summed E-state index contributed by atoms with van der Waals surface area (Å²) < 4.78 is 13.2. The minimum atomic E-state index is -0.318. The van der Waals surface area contributed by atoms with Crippen molar-refractivity contribution >= 4 is 34.7 Å². The highest BCUT2D eigenvalue weighted by Crippen LogP contribution is 2.17. The van der Waals surface area contributed by atoms with E-state index in [1.807, 2.05) is 11.8 Å². The van der Waals surface area contributed by atoms with Crippen molar-refractivity contribution in [2.24, 2.45) is 5.73 Å². The van der Waals surface area contributed by atoms with E-state index in [9.17, 15) is 4.39 Å². The maximum absolute atomic E-state index is 13.2. The second-order valence-electron chi connectivity index (χ2n) is 4.43. The minimum Gasteiger partial charge on any atom is -0.389 e. The summed E-state index contributed by atoms with van der Waals surface area (Å²) in [6.45, 7) is 4.07. The Morgan fingerprint density at radius 1 is 1.42 bits per heavy atom. The number of thiocarbonyl (C=S) groups is 1. The molecular formula is C13H18FN3S2. The van der Waals surface area contributed by atoms with E-state index in [4.69, 9.17) is 18.0 Å². The van der Waals surface area contributed by atoms with Crippen LogP contribution in [0.5, 0.6) is 0 Å². The predicted molar refractivity (Wildman–Crippen MR) is 84.5 cm³/mol. The van der Waals surface area contributed by atoms with E-state index >= 15 is 0 Å². The lowest BCUT2D eigenvalue weighted by Gasteiger charge is -2.26. The first-order valence-corrected chi connectivity index (χ1v) is 7.86. The first-order chi connectivity index (χ1) is 9.16. The molecule has 0 unspecified atom stereocenters. The van der Waals surface area contributed by atoms with Crippen LogP contribution in [0.3, 0.4) is 0 Å². The zero-order valence-corrected chi connectivity index (χ0v) is 12.3. The smallest absolute Gasteiger partial charge is 0.124 e. The fourth-order valence-corrected chi connectivity index (χ4v) is 3.20. The summed E-state index contributed by atoms with van der Waals surface area (Å²) >= 11 is 6.94. The van der Waals surface area contributed by atoms with Gasteiger partial charge in [-0.3, -0.25) is 4.90 Å². The first-order valence-electron chi connectivity index (χ1n) is 6.30. The molecule has 1 aromatic carbocycles. The molecule has 104 valence electrons. The SMILES string of the molecule is NC(=S)c1cc(F)ccc1NCCN1CCSCC1. The molecular weight excluding hydrogens is 281 g/mol. The highest BCUT2D eigenvalue weighted by Gasteiger charge is 2.10. The number of halogens is 1. The fraction of sp³-hybridized carbons (Fsp3) is 0.462. The number of hydrogen-bond acceptors (Lipinski definition) is 4. The van der Waals surface area contributed by atoms with Gasteiger partial charge in [0.2, 0.25) is 0 Å². The summed E-state index contributed by atoms with van der Waals surface area (Å²) in [5.74, 6) is 2.09. The van der Waals surface area contributed by atoms with Crippen LogP contribution in [0.4, 0.5) is 10.1 Å². The molecule has 1 aliphatic rings. The van der Waals surface area contributed by atoms with E-state index in [1.165, 1.54) is 23.6 Å². The molecule has 3 nitrogen and oxygen atoms in total. The molecule has 6 heteroatoms. The Bertz CT molecular complexity index is 448. The van der Waals surface area contributed by atoms with Gasteiger partial charge in [-0.1, -0.05) is 12.2 Å². The highest BCUT2D eigenvalue weighted by molar-refractivity contribution is 7.99. The number of anilines is 1. The highest BCUT2D eigenvalue weighted by atomic mass is 32.2. The molecule has 0 bridgehead atoms. The number of hydrogen-bond donors (Lipinski definition) is 2. The third kappa shape index (κ3) is 4.33. The van der Waals surface area contributed by atoms with Crippen LogP contribution in [0.1, 0.15) is 5.56 Å². The van der Waals surface area contributed by atoms with Gasteiger partial charge in [-0.25, -0.2) is 4.39 Å². The molecule has 1 aromatic rings. The van der Waals surface area contributed by atoms with E-state index < -0.39 is 0 Å². The number of nitrogens with zero attached hydrogens (tertiary/aromatic N) is 1. The van der Waals surface area contributed by atoms with Crippen LogP contribution in [-0.2, 0) is 0 Å². The molecule has 1 heterocycles. The molecule has 0 atom stereocenters. The molecule has 2 rings (SSSR count). The number of benzene rings is 1. The van der Waals surface area contributed by atoms with Gasteiger partial charge in [0.05, 0.1) is 0 Å². The van der Waals surface area contributed by atoms with Crippen LogP contribution >= 0.6 is 24.0 Å². The molecule has 0 radical (unpaired) electrons. The van der Waals surface area contributed by atoms with Gasteiger partial charge in [0.25, 0.3) is 0 Å². The molecule has 1 aliphatic heterocycles. The third-order valence-corrected chi connectivity index (χ3v) is 4.26. The summed E-state index contributed by atoms with van der Waals surface area (Å²) in [7, 11) is 0. The summed E-state index contributed by atoms with van der Waals surface area (Å²) in [5, 5.41) is 3.29. The average molecular weight is 299 g/mol. The number of thioether (sulfide) groups is 1. The van der Waals surface area contributed by atoms with Crippen molar-refractivity contribution in [2.45, 2.75) is 0 Å². The standard InChI is InChI=1S/C13H18FN3S2/c14-10-1-2-12(11(9-10)13(15)18)16-3-4-17-5-7-19-8-6-17/h1-2,9,16H,3-8H2,(H2,15,18). The van der Waals surface area contributed by atoms with Crippen molar-refractivity contribution in [1.82, 2.24) is 4.90 Å².